The Morgan fingerprint density at radius 3 is 2.35 bits per heavy atom. The number of hydrogen-bond donors (Lipinski definition) is 1. The van der Waals surface area contributed by atoms with Gasteiger partial charge in [0.25, 0.3) is 15.9 Å². The normalized spacial score (nSPS) is 11.4. The second-order valence-corrected chi connectivity index (χ2v) is 8.66. The smallest absolute Gasteiger partial charge is 0.263 e. The summed E-state index contributed by atoms with van der Waals surface area (Å²) in [4.78, 5) is 13.4. The predicted molar refractivity (Wildman–Crippen MR) is 120 cm³/mol. The molecule has 0 aliphatic heterocycles. The molecule has 0 saturated carbocycles. The van der Waals surface area contributed by atoms with Crippen LogP contribution in [0.4, 0.5) is 5.82 Å². The molecule has 0 unspecified atom stereocenters. The summed E-state index contributed by atoms with van der Waals surface area (Å²) in [5.41, 5.74) is 2.81. The lowest BCUT2D eigenvalue weighted by atomic mass is 10.2. The molecule has 0 amide bonds. The third-order valence-electron chi connectivity index (χ3n) is 4.69. The van der Waals surface area contributed by atoms with Gasteiger partial charge in [0.15, 0.2) is 0 Å². The molecule has 8 heteroatoms. The topological polar surface area (TPSA) is 94.1 Å². The molecular formula is C23H22N4O3S. The van der Waals surface area contributed by atoms with Crippen LogP contribution in [-0.2, 0) is 16.4 Å². The molecule has 4 rings (SSSR count). The van der Waals surface area contributed by atoms with Crippen molar-refractivity contribution < 1.29 is 13.2 Å². The lowest BCUT2D eigenvalue weighted by Gasteiger charge is -2.14. The number of sulfonamides is 1. The van der Waals surface area contributed by atoms with Crippen molar-refractivity contribution in [2.75, 3.05) is 11.3 Å². The SMILES string of the molecule is Cc1ccccc1S(=O)(=O)Nc1nc2ccccc2nc1OCCCc1ccccn1. The third kappa shape index (κ3) is 4.97. The number of ether oxygens (including phenoxy) is 1. The maximum Gasteiger partial charge on any atom is 0.263 e. The number of anilines is 1. The number of aromatic nitrogens is 3. The summed E-state index contributed by atoms with van der Waals surface area (Å²) in [5, 5.41) is 0. The molecule has 2 heterocycles. The van der Waals surface area contributed by atoms with Gasteiger partial charge in [0.05, 0.1) is 22.5 Å². The van der Waals surface area contributed by atoms with Crippen LogP contribution in [0.3, 0.4) is 0 Å². The van der Waals surface area contributed by atoms with E-state index < -0.39 is 10.0 Å². The van der Waals surface area contributed by atoms with E-state index in [1.807, 2.05) is 36.4 Å². The van der Waals surface area contributed by atoms with Crippen molar-refractivity contribution in [2.45, 2.75) is 24.7 Å². The Hall–Kier alpha value is -3.52. The molecular weight excluding hydrogens is 412 g/mol. The second-order valence-electron chi connectivity index (χ2n) is 7.01. The van der Waals surface area contributed by atoms with Crippen LogP contribution in [0.5, 0.6) is 5.88 Å². The van der Waals surface area contributed by atoms with Crippen molar-refractivity contribution in [1.29, 1.82) is 0 Å². The molecule has 0 saturated heterocycles. The van der Waals surface area contributed by atoms with Crippen LogP contribution < -0.4 is 9.46 Å². The van der Waals surface area contributed by atoms with Gasteiger partial charge >= 0.3 is 0 Å². The molecule has 31 heavy (non-hydrogen) atoms. The first-order valence-electron chi connectivity index (χ1n) is 9.91. The second kappa shape index (κ2) is 9.09. The maximum absolute atomic E-state index is 13.0. The van der Waals surface area contributed by atoms with E-state index in [2.05, 4.69) is 19.7 Å². The van der Waals surface area contributed by atoms with Crippen molar-refractivity contribution in [3.8, 4) is 5.88 Å². The summed E-state index contributed by atoms with van der Waals surface area (Å²) in [5.74, 6) is 0.219. The van der Waals surface area contributed by atoms with E-state index in [0.29, 0.717) is 29.6 Å². The zero-order chi connectivity index (χ0) is 21.7. The van der Waals surface area contributed by atoms with Gasteiger partial charge in [-0.3, -0.25) is 9.71 Å². The van der Waals surface area contributed by atoms with Crippen LogP contribution >= 0.6 is 0 Å². The Morgan fingerprint density at radius 1 is 0.903 bits per heavy atom. The molecule has 0 atom stereocenters. The van der Waals surface area contributed by atoms with Crippen molar-refractivity contribution in [2.24, 2.45) is 0 Å². The van der Waals surface area contributed by atoms with Crippen LogP contribution in [0.25, 0.3) is 11.0 Å². The van der Waals surface area contributed by atoms with Crippen LogP contribution in [0.1, 0.15) is 17.7 Å². The van der Waals surface area contributed by atoms with Gasteiger partial charge in [0, 0.05) is 11.9 Å². The van der Waals surface area contributed by atoms with Gasteiger partial charge in [0.2, 0.25) is 5.82 Å². The average Bonchev–Trinajstić information content (AvgIpc) is 2.77. The van der Waals surface area contributed by atoms with E-state index in [1.54, 1.807) is 43.5 Å². The molecule has 4 aromatic rings. The first kappa shape index (κ1) is 20.7. The monoisotopic (exact) mass is 434 g/mol. The van der Waals surface area contributed by atoms with Gasteiger partial charge < -0.3 is 4.74 Å². The molecule has 0 spiro atoms. The summed E-state index contributed by atoms with van der Waals surface area (Å²) in [6.45, 7) is 2.10. The molecule has 0 aliphatic rings. The Balaban J connectivity index is 1.58. The zero-order valence-corrected chi connectivity index (χ0v) is 17.8. The number of fused-ring (bicyclic) bond motifs is 1. The van der Waals surface area contributed by atoms with Gasteiger partial charge in [-0.25, -0.2) is 18.4 Å². The van der Waals surface area contributed by atoms with E-state index in [0.717, 1.165) is 12.1 Å². The first-order chi connectivity index (χ1) is 15.0. The molecule has 0 aliphatic carbocycles. The molecule has 158 valence electrons. The minimum Gasteiger partial charge on any atom is -0.475 e. The summed E-state index contributed by atoms with van der Waals surface area (Å²) >= 11 is 0. The van der Waals surface area contributed by atoms with Crippen LogP contribution in [0, 0.1) is 6.92 Å². The molecule has 0 bridgehead atoms. The van der Waals surface area contributed by atoms with Crippen molar-refractivity contribution in [3.63, 3.8) is 0 Å². The highest BCUT2D eigenvalue weighted by atomic mass is 32.2. The maximum atomic E-state index is 13.0. The first-order valence-corrected chi connectivity index (χ1v) is 11.4. The number of hydrogen-bond acceptors (Lipinski definition) is 6. The highest BCUT2D eigenvalue weighted by Crippen LogP contribution is 2.27. The molecule has 0 radical (unpaired) electrons. The lowest BCUT2D eigenvalue weighted by Crippen LogP contribution is -2.17. The molecule has 7 nitrogen and oxygen atoms in total. The molecule has 1 N–H and O–H groups in total. The zero-order valence-electron chi connectivity index (χ0n) is 17.0. The average molecular weight is 435 g/mol. The van der Waals surface area contributed by atoms with E-state index in [4.69, 9.17) is 4.74 Å². The highest BCUT2D eigenvalue weighted by Gasteiger charge is 2.21. The van der Waals surface area contributed by atoms with Gasteiger partial charge in [-0.05, 0) is 55.7 Å². The molecule has 2 aromatic carbocycles. The number of para-hydroxylation sites is 2. The Morgan fingerprint density at radius 2 is 1.61 bits per heavy atom. The Kier molecular flexibility index (Phi) is 6.08. The number of aryl methyl sites for hydroxylation is 2. The number of nitrogens with zero attached hydrogens (tertiary/aromatic N) is 3. The van der Waals surface area contributed by atoms with Gasteiger partial charge in [-0.1, -0.05) is 36.4 Å². The fourth-order valence-corrected chi connectivity index (χ4v) is 4.41. The van der Waals surface area contributed by atoms with Crippen LogP contribution in [-0.4, -0.2) is 30.0 Å². The fraction of sp³-hybridized carbons (Fsp3) is 0.174. The van der Waals surface area contributed by atoms with E-state index >= 15 is 0 Å². The Labute approximate surface area is 181 Å². The number of rotatable bonds is 8. The summed E-state index contributed by atoms with van der Waals surface area (Å²) in [6, 6.07) is 19.8. The number of benzene rings is 2. The minimum atomic E-state index is -3.85. The molecule has 2 aromatic heterocycles. The highest BCUT2D eigenvalue weighted by molar-refractivity contribution is 7.92. The van der Waals surface area contributed by atoms with E-state index in [1.165, 1.54) is 0 Å². The van der Waals surface area contributed by atoms with E-state index in [-0.39, 0.29) is 16.6 Å². The van der Waals surface area contributed by atoms with Crippen molar-refractivity contribution in [3.05, 3.63) is 84.2 Å². The Bertz CT molecular complexity index is 1290. The van der Waals surface area contributed by atoms with Crippen LogP contribution in [0.15, 0.2) is 77.8 Å². The largest absolute Gasteiger partial charge is 0.475 e. The summed E-state index contributed by atoms with van der Waals surface area (Å²) in [6.07, 6.45) is 3.20. The van der Waals surface area contributed by atoms with Gasteiger partial charge in [-0.2, -0.15) is 0 Å². The van der Waals surface area contributed by atoms with Crippen molar-refractivity contribution >= 4 is 26.9 Å². The standard InChI is InChI=1S/C23H22N4O3S/c1-17-9-2-5-14-21(17)31(28,29)27-22-23(26-20-13-4-3-12-19(20)25-22)30-16-8-11-18-10-6-7-15-24-18/h2-7,9-10,12-15H,8,11,16H2,1H3,(H,25,27). The molecule has 0 fully saturated rings. The van der Waals surface area contributed by atoms with E-state index in [9.17, 15) is 8.42 Å². The van der Waals surface area contributed by atoms with Crippen LogP contribution in [0.2, 0.25) is 0 Å². The summed E-state index contributed by atoms with van der Waals surface area (Å²) < 4.78 is 34.4. The summed E-state index contributed by atoms with van der Waals surface area (Å²) in [7, 11) is -3.85. The predicted octanol–water partition coefficient (Wildman–Crippen LogP) is 4.15. The fourth-order valence-electron chi connectivity index (χ4n) is 3.16. The van der Waals surface area contributed by atoms with Gasteiger partial charge in [0.1, 0.15) is 0 Å². The van der Waals surface area contributed by atoms with Crippen molar-refractivity contribution in [1.82, 2.24) is 15.0 Å². The number of nitrogens with one attached hydrogen (secondary N) is 1. The minimum absolute atomic E-state index is 0.0692. The lowest BCUT2D eigenvalue weighted by molar-refractivity contribution is 0.300. The third-order valence-corrected chi connectivity index (χ3v) is 6.19. The quantitative estimate of drug-likeness (QED) is 0.419. The number of pyridine rings is 1. The van der Waals surface area contributed by atoms with Gasteiger partial charge in [-0.15, -0.1) is 0 Å².